The Kier molecular flexibility index (Phi) is 3.26. The maximum atomic E-state index is 12.4. The van der Waals surface area contributed by atoms with E-state index >= 15 is 0 Å². The number of allylic oxidation sites excluding steroid dienone is 2. The third-order valence-electron chi connectivity index (χ3n) is 3.56. The maximum Gasteiger partial charge on any atom is 0.416 e. The molecule has 1 aliphatic rings. The lowest BCUT2D eigenvalue weighted by Crippen LogP contribution is -2.14. The standard InChI is InChI=1S/C15H17F3/c1-14(2)9-7-12(8-10-14)11-3-5-13(6-4-11)15(16,17)18/h3-7H,8-10H2,1-2H3. The average Bonchev–Trinajstić information content (AvgIpc) is 2.28. The van der Waals surface area contributed by atoms with Crippen LogP contribution in [0.3, 0.4) is 0 Å². The molecule has 0 bridgehead atoms. The molecule has 0 aliphatic heterocycles. The lowest BCUT2D eigenvalue weighted by molar-refractivity contribution is -0.137. The summed E-state index contributed by atoms with van der Waals surface area (Å²) in [5, 5.41) is 0. The number of hydrogen-bond donors (Lipinski definition) is 0. The molecular formula is C15H17F3. The van der Waals surface area contributed by atoms with Crippen LogP contribution in [0.25, 0.3) is 5.57 Å². The highest BCUT2D eigenvalue weighted by Crippen LogP contribution is 2.38. The zero-order valence-corrected chi connectivity index (χ0v) is 10.6. The SMILES string of the molecule is CC1(C)CC=C(c2ccc(C(F)(F)F)cc2)CC1. The summed E-state index contributed by atoms with van der Waals surface area (Å²) >= 11 is 0. The first kappa shape index (κ1) is 13.2. The molecule has 1 aromatic carbocycles. The fourth-order valence-electron chi connectivity index (χ4n) is 2.21. The molecule has 18 heavy (non-hydrogen) atoms. The Morgan fingerprint density at radius 3 is 2.11 bits per heavy atom. The van der Waals surface area contributed by atoms with E-state index in [1.54, 1.807) is 12.1 Å². The number of rotatable bonds is 1. The van der Waals surface area contributed by atoms with Gasteiger partial charge in [0.05, 0.1) is 5.56 Å². The number of benzene rings is 1. The Morgan fingerprint density at radius 1 is 1.06 bits per heavy atom. The zero-order valence-electron chi connectivity index (χ0n) is 10.6. The van der Waals surface area contributed by atoms with E-state index in [1.165, 1.54) is 5.57 Å². The molecule has 0 nitrogen and oxygen atoms in total. The predicted octanol–water partition coefficient (Wildman–Crippen LogP) is 5.30. The van der Waals surface area contributed by atoms with Crippen LogP contribution < -0.4 is 0 Å². The fraction of sp³-hybridized carbons (Fsp3) is 0.467. The van der Waals surface area contributed by atoms with Crippen molar-refractivity contribution >= 4 is 5.57 Å². The number of alkyl halides is 3. The van der Waals surface area contributed by atoms with Crippen LogP contribution in [-0.4, -0.2) is 0 Å². The van der Waals surface area contributed by atoms with E-state index in [9.17, 15) is 13.2 Å². The van der Waals surface area contributed by atoms with Crippen molar-refractivity contribution in [3.63, 3.8) is 0 Å². The highest BCUT2D eigenvalue weighted by Gasteiger charge is 2.30. The Hall–Kier alpha value is -1.25. The van der Waals surface area contributed by atoms with Crippen LogP contribution in [0.4, 0.5) is 13.2 Å². The Morgan fingerprint density at radius 2 is 1.67 bits per heavy atom. The maximum absolute atomic E-state index is 12.4. The van der Waals surface area contributed by atoms with Crippen LogP contribution in [-0.2, 0) is 6.18 Å². The minimum Gasteiger partial charge on any atom is -0.166 e. The molecule has 1 aliphatic carbocycles. The van der Waals surface area contributed by atoms with Gasteiger partial charge in [0.15, 0.2) is 0 Å². The summed E-state index contributed by atoms with van der Waals surface area (Å²) in [4.78, 5) is 0. The molecular weight excluding hydrogens is 237 g/mol. The van der Waals surface area contributed by atoms with Gasteiger partial charge in [0.2, 0.25) is 0 Å². The van der Waals surface area contributed by atoms with Crippen molar-refractivity contribution in [2.24, 2.45) is 5.41 Å². The third kappa shape index (κ3) is 2.95. The summed E-state index contributed by atoms with van der Waals surface area (Å²) in [6.45, 7) is 4.43. The molecule has 0 fully saturated rings. The van der Waals surface area contributed by atoms with Crippen LogP contribution >= 0.6 is 0 Å². The molecule has 3 heteroatoms. The third-order valence-corrected chi connectivity index (χ3v) is 3.56. The largest absolute Gasteiger partial charge is 0.416 e. The van der Waals surface area contributed by atoms with Crippen molar-refractivity contribution in [3.8, 4) is 0 Å². The predicted molar refractivity (Wildman–Crippen MR) is 67.1 cm³/mol. The topological polar surface area (TPSA) is 0 Å². The van der Waals surface area contributed by atoms with Crippen molar-refractivity contribution in [3.05, 3.63) is 41.5 Å². The van der Waals surface area contributed by atoms with Crippen LogP contribution in [0.1, 0.15) is 44.2 Å². The van der Waals surface area contributed by atoms with Gasteiger partial charge >= 0.3 is 6.18 Å². The number of hydrogen-bond acceptors (Lipinski definition) is 0. The fourth-order valence-corrected chi connectivity index (χ4v) is 2.21. The van der Waals surface area contributed by atoms with Crippen molar-refractivity contribution < 1.29 is 13.2 Å². The van der Waals surface area contributed by atoms with E-state index in [1.807, 2.05) is 0 Å². The van der Waals surface area contributed by atoms with E-state index in [-0.39, 0.29) is 0 Å². The van der Waals surface area contributed by atoms with Gasteiger partial charge in [-0.2, -0.15) is 13.2 Å². The van der Waals surface area contributed by atoms with Crippen LogP contribution in [0.5, 0.6) is 0 Å². The van der Waals surface area contributed by atoms with Crippen molar-refractivity contribution in [2.45, 2.75) is 39.3 Å². The lowest BCUT2D eigenvalue weighted by atomic mass is 9.77. The molecule has 0 saturated carbocycles. The van der Waals surface area contributed by atoms with E-state index < -0.39 is 11.7 Å². The minimum absolute atomic E-state index is 0.315. The van der Waals surface area contributed by atoms with Gasteiger partial charge in [-0.3, -0.25) is 0 Å². The van der Waals surface area contributed by atoms with E-state index in [0.29, 0.717) is 5.41 Å². The van der Waals surface area contributed by atoms with Crippen molar-refractivity contribution in [1.82, 2.24) is 0 Å². The van der Waals surface area contributed by atoms with Crippen molar-refractivity contribution in [2.75, 3.05) is 0 Å². The van der Waals surface area contributed by atoms with Crippen LogP contribution in [0.2, 0.25) is 0 Å². The normalized spacial score (nSPS) is 19.5. The monoisotopic (exact) mass is 254 g/mol. The molecule has 0 unspecified atom stereocenters. The van der Waals surface area contributed by atoms with E-state index in [2.05, 4.69) is 19.9 Å². The Labute approximate surface area is 106 Å². The van der Waals surface area contributed by atoms with E-state index in [4.69, 9.17) is 0 Å². The number of halogens is 3. The molecule has 0 amide bonds. The summed E-state index contributed by atoms with van der Waals surface area (Å²) in [7, 11) is 0. The molecule has 98 valence electrons. The molecule has 0 N–H and O–H groups in total. The summed E-state index contributed by atoms with van der Waals surface area (Å²) in [5.74, 6) is 0. The van der Waals surface area contributed by atoms with Gasteiger partial charge in [-0.15, -0.1) is 0 Å². The highest BCUT2D eigenvalue weighted by atomic mass is 19.4. The second-order valence-electron chi connectivity index (χ2n) is 5.67. The second kappa shape index (κ2) is 4.45. The Balaban J connectivity index is 2.19. The smallest absolute Gasteiger partial charge is 0.166 e. The summed E-state index contributed by atoms with van der Waals surface area (Å²) < 4.78 is 37.3. The first-order chi connectivity index (χ1) is 8.28. The van der Waals surface area contributed by atoms with Crippen molar-refractivity contribution in [1.29, 1.82) is 0 Å². The van der Waals surface area contributed by atoms with Gasteiger partial charge in [0.1, 0.15) is 0 Å². The summed E-state index contributed by atoms with van der Waals surface area (Å²) in [6.07, 6.45) is 0.926. The first-order valence-corrected chi connectivity index (χ1v) is 6.15. The van der Waals surface area contributed by atoms with Crippen LogP contribution in [0.15, 0.2) is 30.3 Å². The lowest BCUT2D eigenvalue weighted by Gasteiger charge is -2.28. The van der Waals surface area contributed by atoms with Crippen LogP contribution in [0, 0.1) is 5.41 Å². The van der Waals surface area contributed by atoms with Gasteiger partial charge in [0, 0.05) is 0 Å². The first-order valence-electron chi connectivity index (χ1n) is 6.15. The molecule has 0 radical (unpaired) electrons. The minimum atomic E-state index is -4.25. The average molecular weight is 254 g/mol. The zero-order chi connectivity index (χ0) is 13.4. The van der Waals surface area contributed by atoms with Gasteiger partial charge in [-0.1, -0.05) is 32.1 Å². The summed E-state index contributed by atoms with van der Waals surface area (Å²) in [5.41, 5.74) is 1.82. The van der Waals surface area contributed by atoms with Gasteiger partial charge in [-0.25, -0.2) is 0 Å². The molecule has 0 heterocycles. The van der Waals surface area contributed by atoms with E-state index in [0.717, 1.165) is 37.0 Å². The molecule has 0 atom stereocenters. The molecule has 0 saturated heterocycles. The molecule has 2 rings (SSSR count). The molecule has 1 aromatic rings. The Bertz CT molecular complexity index is 450. The quantitative estimate of drug-likeness (QED) is 0.638. The molecule has 0 spiro atoms. The second-order valence-corrected chi connectivity index (χ2v) is 5.67. The summed E-state index contributed by atoms with van der Waals surface area (Å²) in [6, 6.07) is 5.48. The van der Waals surface area contributed by atoms with Gasteiger partial charge in [-0.05, 0) is 47.9 Å². The van der Waals surface area contributed by atoms with Gasteiger partial charge < -0.3 is 0 Å². The van der Waals surface area contributed by atoms with Gasteiger partial charge in [0.25, 0.3) is 0 Å². The highest BCUT2D eigenvalue weighted by molar-refractivity contribution is 5.66. The molecule has 0 aromatic heterocycles.